The minimum Gasteiger partial charge on any atom is -0.377 e. The molecule has 0 radical (unpaired) electrons. The summed E-state index contributed by atoms with van der Waals surface area (Å²) in [7, 11) is 0. The maximum absolute atomic E-state index is 5.95. The topological polar surface area (TPSA) is 56.5 Å². The van der Waals surface area contributed by atoms with Crippen LogP contribution in [0.2, 0.25) is 0 Å². The van der Waals surface area contributed by atoms with Crippen molar-refractivity contribution in [2.24, 2.45) is 5.84 Å². The molecule has 0 saturated carbocycles. The van der Waals surface area contributed by atoms with Gasteiger partial charge in [0.1, 0.15) is 0 Å². The second kappa shape index (κ2) is 6.01. The zero-order valence-corrected chi connectivity index (χ0v) is 11.2. The lowest BCUT2D eigenvalue weighted by Gasteiger charge is -2.31. The molecule has 2 aliphatic heterocycles. The highest BCUT2D eigenvalue weighted by atomic mass is 16.5. The van der Waals surface area contributed by atoms with Crippen molar-refractivity contribution in [3.8, 4) is 0 Å². The van der Waals surface area contributed by atoms with E-state index in [2.05, 4.69) is 29.7 Å². The number of hydrazine groups is 1. The van der Waals surface area contributed by atoms with Crippen LogP contribution >= 0.6 is 0 Å². The van der Waals surface area contributed by atoms with Crippen molar-refractivity contribution in [2.45, 2.75) is 43.9 Å². The average Bonchev–Trinajstić information content (AvgIpc) is 2.99. The zero-order valence-electron chi connectivity index (χ0n) is 11.2. The quantitative estimate of drug-likeness (QED) is 0.640. The van der Waals surface area contributed by atoms with Gasteiger partial charge in [-0.3, -0.25) is 11.3 Å². The van der Waals surface area contributed by atoms with Crippen molar-refractivity contribution in [2.75, 3.05) is 13.2 Å². The van der Waals surface area contributed by atoms with Gasteiger partial charge in [-0.2, -0.15) is 0 Å². The molecule has 3 unspecified atom stereocenters. The number of nitrogens with one attached hydrogen (secondary N) is 1. The summed E-state index contributed by atoms with van der Waals surface area (Å²) in [6.07, 6.45) is 4.46. The van der Waals surface area contributed by atoms with E-state index >= 15 is 0 Å². The van der Waals surface area contributed by atoms with Gasteiger partial charge in [0.05, 0.1) is 24.9 Å². The zero-order chi connectivity index (χ0) is 13.1. The third-order valence-electron chi connectivity index (χ3n) is 4.19. The maximum Gasteiger partial charge on any atom is 0.0844 e. The Hall–Kier alpha value is -0.940. The van der Waals surface area contributed by atoms with E-state index in [1.165, 1.54) is 11.1 Å². The maximum atomic E-state index is 5.95. The van der Waals surface area contributed by atoms with Gasteiger partial charge >= 0.3 is 0 Å². The number of ether oxygens (including phenoxy) is 2. The third kappa shape index (κ3) is 2.82. The van der Waals surface area contributed by atoms with E-state index in [1.807, 2.05) is 0 Å². The summed E-state index contributed by atoms with van der Waals surface area (Å²) in [5.74, 6) is 5.70. The summed E-state index contributed by atoms with van der Waals surface area (Å²) in [5, 5.41) is 0. The molecule has 4 heteroatoms. The molecule has 1 aromatic rings. The van der Waals surface area contributed by atoms with Gasteiger partial charge in [0, 0.05) is 6.61 Å². The molecule has 0 bridgehead atoms. The van der Waals surface area contributed by atoms with Crippen molar-refractivity contribution >= 4 is 0 Å². The first kappa shape index (κ1) is 13.1. The largest absolute Gasteiger partial charge is 0.377 e. The van der Waals surface area contributed by atoms with E-state index in [4.69, 9.17) is 15.3 Å². The van der Waals surface area contributed by atoms with Crippen molar-refractivity contribution in [1.82, 2.24) is 5.43 Å². The molecule has 3 atom stereocenters. The molecule has 2 heterocycles. The first-order valence-corrected chi connectivity index (χ1v) is 7.15. The first-order valence-electron chi connectivity index (χ1n) is 7.15. The molecular weight excluding hydrogens is 240 g/mol. The molecule has 104 valence electrons. The summed E-state index contributed by atoms with van der Waals surface area (Å²) in [4.78, 5) is 0. The van der Waals surface area contributed by atoms with E-state index in [1.54, 1.807) is 0 Å². The Morgan fingerprint density at radius 3 is 2.95 bits per heavy atom. The summed E-state index contributed by atoms with van der Waals surface area (Å²) in [6, 6.07) is 8.71. The molecule has 0 aromatic heterocycles. The van der Waals surface area contributed by atoms with E-state index < -0.39 is 0 Å². The summed E-state index contributed by atoms with van der Waals surface area (Å²) in [6.45, 7) is 1.65. The fourth-order valence-electron chi connectivity index (χ4n) is 3.15. The lowest BCUT2D eigenvalue weighted by Crippen LogP contribution is -2.45. The normalized spacial score (nSPS) is 28.1. The highest BCUT2D eigenvalue weighted by Gasteiger charge is 2.30. The lowest BCUT2D eigenvalue weighted by atomic mass is 9.92. The average molecular weight is 262 g/mol. The van der Waals surface area contributed by atoms with Crippen LogP contribution in [0.15, 0.2) is 24.3 Å². The molecule has 1 aromatic carbocycles. The van der Waals surface area contributed by atoms with Gasteiger partial charge in [-0.1, -0.05) is 24.3 Å². The second-order valence-electron chi connectivity index (χ2n) is 5.37. The van der Waals surface area contributed by atoms with Crippen molar-refractivity contribution in [3.05, 3.63) is 35.4 Å². The van der Waals surface area contributed by atoms with E-state index in [0.29, 0.717) is 0 Å². The van der Waals surface area contributed by atoms with Gasteiger partial charge in [0.15, 0.2) is 0 Å². The Labute approximate surface area is 114 Å². The first-order chi connectivity index (χ1) is 9.38. The Morgan fingerprint density at radius 2 is 2.16 bits per heavy atom. The minimum atomic E-state index is 0.134. The van der Waals surface area contributed by atoms with Crippen LogP contribution in [0.4, 0.5) is 0 Å². The summed E-state index contributed by atoms with van der Waals surface area (Å²) in [5.41, 5.74) is 5.63. The van der Waals surface area contributed by atoms with Crippen LogP contribution in [0.1, 0.15) is 36.5 Å². The van der Waals surface area contributed by atoms with E-state index in [9.17, 15) is 0 Å². The number of rotatable bonds is 4. The fourth-order valence-corrected chi connectivity index (χ4v) is 3.15. The molecule has 0 aliphatic carbocycles. The fraction of sp³-hybridized carbons (Fsp3) is 0.600. The molecule has 3 N–H and O–H groups in total. The van der Waals surface area contributed by atoms with Crippen LogP contribution < -0.4 is 11.3 Å². The van der Waals surface area contributed by atoms with Crippen molar-refractivity contribution < 1.29 is 9.47 Å². The molecule has 3 rings (SSSR count). The van der Waals surface area contributed by atoms with Gasteiger partial charge in [0.2, 0.25) is 0 Å². The van der Waals surface area contributed by atoms with Gasteiger partial charge in [0.25, 0.3) is 0 Å². The van der Waals surface area contributed by atoms with Crippen LogP contribution in [-0.2, 0) is 15.9 Å². The predicted octanol–water partition coefficient (Wildman–Crippen LogP) is 1.70. The smallest absolute Gasteiger partial charge is 0.0844 e. The summed E-state index contributed by atoms with van der Waals surface area (Å²) >= 11 is 0. The Bertz CT molecular complexity index is 418. The molecule has 1 saturated heterocycles. The third-order valence-corrected chi connectivity index (χ3v) is 4.19. The van der Waals surface area contributed by atoms with Crippen LogP contribution in [0.25, 0.3) is 0 Å². The second-order valence-corrected chi connectivity index (χ2v) is 5.37. The molecule has 4 nitrogen and oxygen atoms in total. The van der Waals surface area contributed by atoms with Crippen LogP contribution in [0.3, 0.4) is 0 Å². The lowest BCUT2D eigenvalue weighted by molar-refractivity contribution is 0.00567. The monoisotopic (exact) mass is 262 g/mol. The van der Waals surface area contributed by atoms with Gasteiger partial charge < -0.3 is 9.47 Å². The number of fused-ring (bicyclic) bond motifs is 1. The highest BCUT2D eigenvalue weighted by Crippen LogP contribution is 2.32. The Morgan fingerprint density at radius 1 is 1.26 bits per heavy atom. The SMILES string of the molecule is NNC(CC1OCCc2ccccc21)C1CCCO1. The standard InChI is InChI=1S/C15H22N2O2/c16-17-13(14-6-3-8-18-14)10-15-12-5-2-1-4-11(12)7-9-19-15/h1-2,4-5,13-15,17H,3,6-10,16H2. The van der Waals surface area contributed by atoms with Crippen LogP contribution in [0, 0.1) is 0 Å². The Balaban J connectivity index is 1.72. The van der Waals surface area contributed by atoms with Crippen LogP contribution in [0.5, 0.6) is 0 Å². The minimum absolute atomic E-state index is 0.134. The molecule has 1 fully saturated rings. The number of benzene rings is 1. The highest BCUT2D eigenvalue weighted by molar-refractivity contribution is 5.31. The molecule has 0 amide bonds. The van der Waals surface area contributed by atoms with E-state index in [-0.39, 0.29) is 18.2 Å². The van der Waals surface area contributed by atoms with Gasteiger partial charge in [-0.15, -0.1) is 0 Å². The number of hydrogen-bond donors (Lipinski definition) is 2. The van der Waals surface area contributed by atoms with Crippen LogP contribution in [-0.4, -0.2) is 25.4 Å². The van der Waals surface area contributed by atoms with E-state index in [0.717, 1.165) is 38.9 Å². The molecule has 2 aliphatic rings. The van der Waals surface area contributed by atoms with Gasteiger partial charge in [-0.05, 0) is 36.8 Å². The molecule has 19 heavy (non-hydrogen) atoms. The molecular formula is C15H22N2O2. The predicted molar refractivity (Wildman–Crippen MR) is 73.5 cm³/mol. The van der Waals surface area contributed by atoms with Gasteiger partial charge in [-0.25, -0.2) is 0 Å². The number of hydrogen-bond acceptors (Lipinski definition) is 4. The Kier molecular flexibility index (Phi) is 4.13. The summed E-state index contributed by atoms with van der Waals surface area (Å²) < 4.78 is 11.7. The molecule has 0 spiro atoms. The van der Waals surface area contributed by atoms with Crippen molar-refractivity contribution in [3.63, 3.8) is 0 Å². The van der Waals surface area contributed by atoms with Crippen molar-refractivity contribution in [1.29, 1.82) is 0 Å². The number of nitrogens with two attached hydrogens (primary N) is 1.